The van der Waals surface area contributed by atoms with Gasteiger partial charge >= 0.3 is 6.09 Å². The summed E-state index contributed by atoms with van der Waals surface area (Å²) in [5, 5.41) is 26.4. The number of carbonyl (C=O) groups excluding carboxylic acids is 1. The molecule has 3 rings (SSSR count). The lowest BCUT2D eigenvalue weighted by atomic mass is 10.2. The van der Waals surface area contributed by atoms with E-state index in [4.69, 9.17) is 4.74 Å². The molecule has 0 radical (unpaired) electrons. The van der Waals surface area contributed by atoms with Crippen LogP contribution in [-0.4, -0.2) is 66.7 Å². The molecule has 2 aromatic heterocycles. The fraction of sp³-hybridized carbons (Fsp3) is 0.625. The Morgan fingerprint density at radius 1 is 1.27 bits per heavy atom. The molecule has 4 N–H and O–H groups in total. The number of amides is 1. The number of ether oxygens (including phenoxy) is 1. The molecular weight excluding hydrogens is 340 g/mol. The summed E-state index contributed by atoms with van der Waals surface area (Å²) >= 11 is 0. The highest BCUT2D eigenvalue weighted by Crippen LogP contribution is 2.33. The van der Waals surface area contributed by atoms with E-state index in [1.807, 2.05) is 0 Å². The van der Waals surface area contributed by atoms with Crippen molar-refractivity contribution >= 4 is 23.1 Å². The van der Waals surface area contributed by atoms with Crippen molar-refractivity contribution in [3.05, 3.63) is 12.7 Å². The molecule has 0 unspecified atom stereocenters. The summed E-state index contributed by atoms with van der Waals surface area (Å²) in [4.78, 5) is 24.6. The molecule has 2 aromatic rings. The molecule has 1 aliphatic rings. The summed E-state index contributed by atoms with van der Waals surface area (Å²) in [6.07, 6.45) is 0.420. The van der Waals surface area contributed by atoms with E-state index in [1.54, 1.807) is 38.7 Å². The molecule has 0 aliphatic heterocycles. The minimum atomic E-state index is -1.13. The standard InChI is InChI=1S/C16H24N6O4/c1-16(2,3)26-15(25)21-8-5-9(12(24)11(8)23)22-7-20-10-13(17-4)18-6-19-14(10)22/h6-9,11-12,23-24H,5H2,1-4H3,(H,21,25)(H,17,18,19)/t8-,9+,11-,12+/m1/s1. The maximum Gasteiger partial charge on any atom is 0.407 e. The normalized spacial score (nSPS) is 26.1. The van der Waals surface area contributed by atoms with Gasteiger partial charge < -0.3 is 30.2 Å². The van der Waals surface area contributed by atoms with Crippen molar-refractivity contribution in [1.29, 1.82) is 0 Å². The molecular formula is C16H24N6O4. The molecule has 1 aliphatic carbocycles. The summed E-state index contributed by atoms with van der Waals surface area (Å²) in [5.74, 6) is 0.574. The third-order valence-electron chi connectivity index (χ3n) is 4.31. The molecule has 0 saturated heterocycles. The molecule has 26 heavy (non-hydrogen) atoms. The average Bonchev–Trinajstić information content (AvgIpc) is 3.09. The molecule has 2 heterocycles. The van der Waals surface area contributed by atoms with E-state index >= 15 is 0 Å². The molecule has 10 heteroatoms. The fourth-order valence-electron chi connectivity index (χ4n) is 3.16. The van der Waals surface area contributed by atoms with E-state index in [2.05, 4.69) is 25.6 Å². The molecule has 0 aromatic carbocycles. The van der Waals surface area contributed by atoms with E-state index in [-0.39, 0.29) is 0 Å². The van der Waals surface area contributed by atoms with Crippen LogP contribution in [-0.2, 0) is 4.74 Å². The predicted octanol–water partition coefficient (Wildman–Crippen LogP) is 0.428. The Bertz CT molecular complexity index is 802. The van der Waals surface area contributed by atoms with Crippen molar-refractivity contribution in [2.75, 3.05) is 12.4 Å². The lowest BCUT2D eigenvalue weighted by Crippen LogP contribution is -2.45. The summed E-state index contributed by atoms with van der Waals surface area (Å²) in [6.45, 7) is 5.27. The van der Waals surface area contributed by atoms with Gasteiger partial charge in [-0.25, -0.2) is 19.7 Å². The van der Waals surface area contributed by atoms with Crippen LogP contribution in [0.5, 0.6) is 0 Å². The predicted molar refractivity (Wildman–Crippen MR) is 93.7 cm³/mol. The second-order valence-electron chi connectivity index (χ2n) is 7.33. The van der Waals surface area contributed by atoms with Gasteiger partial charge in [0.1, 0.15) is 29.7 Å². The molecule has 4 atom stereocenters. The van der Waals surface area contributed by atoms with Crippen LogP contribution >= 0.6 is 0 Å². The fourth-order valence-corrected chi connectivity index (χ4v) is 3.16. The van der Waals surface area contributed by atoms with Gasteiger partial charge in [-0.3, -0.25) is 0 Å². The first-order valence-corrected chi connectivity index (χ1v) is 8.42. The lowest BCUT2D eigenvalue weighted by molar-refractivity contribution is 0.00906. The van der Waals surface area contributed by atoms with E-state index in [0.717, 1.165) is 0 Å². The zero-order valence-electron chi connectivity index (χ0n) is 15.2. The average molecular weight is 364 g/mol. The van der Waals surface area contributed by atoms with Gasteiger partial charge in [0.2, 0.25) is 0 Å². The highest BCUT2D eigenvalue weighted by Gasteiger charge is 2.44. The third-order valence-corrected chi connectivity index (χ3v) is 4.31. The van der Waals surface area contributed by atoms with Gasteiger partial charge in [-0.15, -0.1) is 0 Å². The second kappa shape index (κ2) is 6.69. The molecule has 1 saturated carbocycles. The van der Waals surface area contributed by atoms with Crippen LogP contribution in [0.1, 0.15) is 33.2 Å². The number of anilines is 1. The maximum absolute atomic E-state index is 12.0. The van der Waals surface area contributed by atoms with Gasteiger partial charge in [0.25, 0.3) is 0 Å². The van der Waals surface area contributed by atoms with Gasteiger partial charge in [0.05, 0.1) is 18.4 Å². The third kappa shape index (κ3) is 3.42. The number of aliphatic hydroxyl groups excluding tert-OH is 2. The van der Waals surface area contributed by atoms with Gasteiger partial charge in [-0.05, 0) is 27.2 Å². The maximum atomic E-state index is 12.0. The number of aliphatic hydroxyl groups is 2. The van der Waals surface area contributed by atoms with Gasteiger partial charge in [0, 0.05) is 7.05 Å². The molecule has 10 nitrogen and oxygen atoms in total. The molecule has 1 amide bonds. The number of carbonyl (C=O) groups is 1. The highest BCUT2D eigenvalue weighted by molar-refractivity contribution is 5.82. The second-order valence-corrected chi connectivity index (χ2v) is 7.33. The summed E-state index contributed by atoms with van der Waals surface area (Å²) in [6, 6.07) is -1.14. The number of alkyl carbamates (subject to hydrolysis) is 1. The van der Waals surface area contributed by atoms with Crippen molar-refractivity contribution in [2.24, 2.45) is 0 Å². The summed E-state index contributed by atoms with van der Waals surface area (Å²) in [7, 11) is 1.73. The first kappa shape index (κ1) is 18.3. The van der Waals surface area contributed by atoms with Crippen LogP contribution in [0, 0.1) is 0 Å². The Balaban J connectivity index is 1.81. The number of fused-ring (bicyclic) bond motifs is 1. The number of nitrogens with one attached hydrogen (secondary N) is 2. The zero-order valence-corrected chi connectivity index (χ0v) is 15.2. The molecule has 1 fully saturated rings. The Kier molecular flexibility index (Phi) is 4.72. The van der Waals surface area contributed by atoms with Crippen molar-refractivity contribution in [2.45, 2.75) is 57.1 Å². The molecule has 0 spiro atoms. The number of rotatable bonds is 3. The lowest BCUT2D eigenvalue weighted by Gasteiger charge is -2.23. The minimum Gasteiger partial charge on any atom is -0.444 e. The Morgan fingerprint density at radius 2 is 2.00 bits per heavy atom. The Labute approximate surface area is 150 Å². The zero-order chi connectivity index (χ0) is 19.1. The summed E-state index contributed by atoms with van der Waals surface area (Å²) < 4.78 is 6.92. The summed E-state index contributed by atoms with van der Waals surface area (Å²) in [5.41, 5.74) is 0.464. The minimum absolute atomic E-state index is 0.311. The van der Waals surface area contributed by atoms with E-state index in [0.29, 0.717) is 23.4 Å². The van der Waals surface area contributed by atoms with Gasteiger partial charge in [0.15, 0.2) is 11.5 Å². The number of aromatic nitrogens is 4. The Morgan fingerprint density at radius 3 is 2.65 bits per heavy atom. The van der Waals surface area contributed by atoms with Crippen molar-refractivity contribution < 1.29 is 19.7 Å². The number of nitrogens with zero attached hydrogens (tertiary/aromatic N) is 4. The van der Waals surface area contributed by atoms with E-state index in [9.17, 15) is 15.0 Å². The van der Waals surface area contributed by atoms with E-state index < -0.39 is 36.0 Å². The van der Waals surface area contributed by atoms with Crippen molar-refractivity contribution in [1.82, 2.24) is 24.8 Å². The largest absolute Gasteiger partial charge is 0.444 e. The van der Waals surface area contributed by atoms with Crippen LogP contribution in [0.3, 0.4) is 0 Å². The molecule has 142 valence electrons. The SMILES string of the molecule is CNc1ncnc2c1ncn2[C@H]1C[C@@H](NC(=O)OC(C)(C)C)[C@@H](O)[C@H]1O. The van der Waals surface area contributed by atoms with Crippen LogP contribution in [0.15, 0.2) is 12.7 Å². The van der Waals surface area contributed by atoms with Crippen LogP contribution in [0.4, 0.5) is 10.6 Å². The van der Waals surface area contributed by atoms with Crippen LogP contribution < -0.4 is 10.6 Å². The Hall–Kier alpha value is -2.46. The van der Waals surface area contributed by atoms with Gasteiger partial charge in [-0.2, -0.15) is 0 Å². The highest BCUT2D eigenvalue weighted by atomic mass is 16.6. The first-order valence-electron chi connectivity index (χ1n) is 8.42. The van der Waals surface area contributed by atoms with Crippen LogP contribution in [0.2, 0.25) is 0 Å². The van der Waals surface area contributed by atoms with Crippen molar-refractivity contribution in [3.63, 3.8) is 0 Å². The van der Waals surface area contributed by atoms with Crippen molar-refractivity contribution in [3.8, 4) is 0 Å². The topological polar surface area (TPSA) is 134 Å². The smallest absolute Gasteiger partial charge is 0.407 e. The molecule has 0 bridgehead atoms. The van der Waals surface area contributed by atoms with Crippen LogP contribution in [0.25, 0.3) is 11.2 Å². The monoisotopic (exact) mass is 364 g/mol. The van der Waals surface area contributed by atoms with Gasteiger partial charge in [-0.1, -0.05) is 0 Å². The number of imidazole rings is 1. The number of hydrogen-bond acceptors (Lipinski definition) is 8. The van der Waals surface area contributed by atoms with E-state index in [1.165, 1.54) is 6.33 Å². The number of hydrogen-bond donors (Lipinski definition) is 4. The first-order chi connectivity index (χ1) is 12.2. The quantitative estimate of drug-likeness (QED) is 0.616.